The highest BCUT2D eigenvalue weighted by molar-refractivity contribution is 7.98. The summed E-state index contributed by atoms with van der Waals surface area (Å²) in [6.07, 6.45) is 6.15. The van der Waals surface area contributed by atoms with Crippen molar-refractivity contribution in [1.82, 2.24) is 9.97 Å². The maximum absolute atomic E-state index is 11.1. The van der Waals surface area contributed by atoms with Crippen LogP contribution in [0.2, 0.25) is 5.15 Å². The largest absolute Gasteiger partial charge is 0.356 e. The van der Waals surface area contributed by atoms with E-state index in [0.717, 1.165) is 32.2 Å². The summed E-state index contributed by atoms with van der Waals surface area (Å²) in [7, 11) is 0. The number of carbonyl (C=O) groups is 1. The Balaban J connectivity index is 2.41. The lowest BCUT2D eigenvalue weighted by atomic mass is 10.1. The third-order valence-corrected chi connectivity index (χ3v) is 3.65. The molecule has 0 aromatic carbocycles. The SMILES string of the molecule is CSc1nc(Cl)c(C=O)c(N2CCCCC2)n1. The van der Waals surface area contributed by atoms with Gasteiger partial charge in [0.25, 0.3) is 0 Å². The van der Waals surface area contributed by atoms with E-state index < -0.39 is 0 Å². The molecule has 17 heavy (non-hydrogen) atoms. The van der Waals surface area contributed by atoms with Gasteiger partial charge in [-0.15, -0.1) is 0 Å². The zero-order chi connectivity index (χ0) is 12.3. The van der Waals surface area contributed by atoms with E-state index in [1.54, 1.807) is 0 Å². The second kappa shape index (κ2) is 5.69. The van der Waals surface area contributed by atoms with Gasteiger partial charge in [0.15, 0.2) is 11.4 Å². The van der Waals surface area contributed by atoms with Gasteiger partial charge in [-0.05, 0) is 25.5 Å². The Morgan fingerprint density at radius 1 is 1.29 bits per heavy atom. The fourth-order valence-electron chi connectivity index (χ4n) is 1.95. The van der Waals surface area contributed by atoms with E-state index >= 15 is 0 Å². The van der Waals surface area contributed by atoms with Crippen molar-refractivity contribution in [1.29, 1.82) is 0 Å². The first-order valence-corrected chi connectivity index (χ1v) is 7.18. The maximum atomic E-state index is 11.1. The van der Waals surface area contributed by atoms with Crippen LogP contribution in [0.1, 0.15) is 29.6 Å². The zero-order valence-electron chi connectivity index (χ0n) is 9.65. The van der Waals surface area contributed by atoms with Crippen LogP contribution in [-0.2, 0) is 0 Å². The van der Waals surface area contributed by atoms with E-state index in [1.807, 2.05) is 6.26 Å². The third kappa shape index (κ3) is 2.72. The molecule has 6 heteroatoms. The summed E-state index contributed by atoms with van der Waals surface area (Å²) in [5.41, 5.74) is 0.409. The number of halogens is 1. The van der Waals surface area contributed by atoms with Crippen molar-refractivity contribution >= 4 is 35.5 Å². The summed E-state index contributed by atoms with van der Waals surface area (Å²) in [6, 6.07) is 0. The maximum Gasteiger partial charge on any atom is 0.190 e. The highest BCUT2D eigenvalue weighted by atomic mass is 35.5. The molecule has 0 spiro atoms. The van der Waals surface area contributed by atoms with Gasteiger partial charge in [0.2, 0.25) is 0 Å². The van der Waals surface area contributed by atoms with Crippen molar-refractivity contribution in [3.63, 3.8) is 0 Å². The van der Waals surface area contributed by atoms with Crippen LogP contribution in [0.25, 0.3) is 0 Å². The number of rotatable bonds is 3. The molecule has 0 radical (unpaired) electrons. The molecular formula is C11H14ClN3OS. The lowest BCUT2D eigenvalue weighted by molar-refractivity contribution is 0.112. The molecule has 0 unspecified atom stereocenters. The standard InChI is InChI=1S/C11H14ClN3OS/c1-17-11-13-9(12)8(7-16)10(14-11)15-5-3-2-4-6-15/h7H,2-6H2,1H3. The number of anilines is 1. The predicted molar refractivity (Wildman–Crippen MR) is 70.3 cm³/mol. The summed E-state index contributed by atoms with van der Waals surface area (Å²) in [5, 5.41) is 0.862. The summed E-state index contributed by atoms with van der Waals surface area (Å²) in [6.45, 7) is 1.87. The molecule has 1 saturated heterocycles. The van der Waals surface area contributed by atoms with Crippen molar-refractivity contribution in [2.45, 2.75) is 24.4 Å². The summed E-state index contributed by atoms with van der Waals surface area (Å²) in [4.78, 5) is 21.7. The third-order valence-electron chi connectivity index (χ3n) is 2.81. The smallest absolute Gasteiger partial charge is 0.190 e. The fourth-order valence-corrected chi connectivity index (χ4v) is 2.57. The molecule has 0 aliphatic carbocycles. The van der Waals surface area contributed by atoms with Crippen LogP contribution in [0.15, 0.2) is 5.16 Å². The van der Waals surface area contributed by atoms with Gasteiger partial charge in [-0.25, -0.2) is 9.97 Å². The summed E-state index contributed by atoms with van der Waals surface area (Å²) < 4.78 is 0. The van der Waals surface area contributed by atoms with E-state index in [1.165, 1.54) is 18.2 Å². The van der Waals surface area contributed by atoms with Gasteiger partial charge in [0.1, 0.15) is 11.0 Å². The number of hydrogen-bond donors (Lipinski definition) is 0. The Morgan fingerprint density at radius 2 is 2.00 bits per heavy atom. The zero-order valence-corrected chi connectivity index (χ0v) is 11.2. The molecule has 2 rings (SSSR count). The van der Waals surface area contributed by atoms with E-state index in [2.05, 4.69) is 14.9 Å². The molecule has 0 bridgehead atoms. The highest BCUT2D eigenvalue weighted by Gasteiger charge is 2.19. The van der Waals surface area contributed by atoms with E-state index in [-0.39, 0.29) is 5.15 Å². The van der Waals surface area contributed by atoms with Gasteiger partial charge in [-0.1, -0.05) is 23.4 Å². The lowest BCUT2D eigenvalue weighted by Gasteiger charge is -2.28. The summed E-state index contributed by atoms with van der Waals surface area (Å²) >= 11 is 7.44. The molecule has 1 aliphatic heterocycles. The molecule has 0 saturated carbocycles. The Bertz CT molecular complexity index is 421. The van der Waals surface area contributed by atoms with Crippen LogP contribution in [0.3, 0.4) is 0 Å². The molecule has 0 N–H and O–H groups in total. The molecule has 1 fully saturated rings. The quantitative estimate of drug-likeness (QED) is 0.366. The van der Waals surface area contributed by atoms with Crippen LogP contribution in [-0.4, -0.2) is 35.6 Å². The average Bonchev–Trinajstić information content (AvgIpc) is 2.38. The first kappa shape index (κ1) is 12.6. The molecule has 92 valence electrons. The number of carbonyl (C=O) groups excluding carboxylic acids is 1. The van der Waals surface area contributed by atoms with Crippen molar-refractivity contribution in [3.05, 3.63) is 10.7 Å². The average molecular weight is 272 g/mol. The Labute approximate surface area is 110 Å². The molecule has 1 aromatic rings. The first-order chi connectivity index (χ1) is 8.26. The van der Waals surface area contributed by atoms with Crippen molar-refractivity contribution in [3.8, 4) is 0 Å². The van der Waals surface area contributed by atoms with Gasteiger partial charge in [-0.3, -0.25) is 4.79 Å². The van der Waals surface area contributed by atoms with Crippen LogP contribution >= 0.6 is 23.4 Å². The van der Waals surface area contributed by atoms with Crippen LogP contribution in [0.5, 0.6) is 0 Å². The predicted octanol–water partition coefficient (Wildman–Crippen LogP) is 2.65. The number of hydrogen-bond acceptors (Lipinski definition) is 5. The fraction of sp³-hybridized carbons (Fsp3) is 0.545. The molecular weight excluding hydrogens is 258 g/mol. The topological polar surface area (TPSA) is 46.1 Å². The van der Waals surface area contributed by atoms with Crippen molar-refractivity contribution in [2.24, 2.45) is 0 Å². The number of thioether (sulfide) groups is 1. The second-order valence-electron chi connectivity index (χ2n) is 3.90. The second-order valence-corrected chi connectivity index (χ2v) is 5.04. The van der Waals surface area contributed by atoms with Crippen molar-refractivity contribution < 1.29 is 4.79 Å². The van der Waals surface area contributed by atoms with E-state index in [9.17, 15) is 4.79 Å². The minimum absolute atomic E-state index is 0.250. The van der Waals surface area contributed by atoms with Gasteiger partial charge >= 0.3 is 0 Å². The molecule has 2 heterocycles. The summed E-state index contributed by atoms with van der Waals surface area (Å²) in [5.74, 6) is 0.684. The van der Waals surface area contributed by atoms with E-state index in [4.69, 9.17) is 11.6 Å². The molecule has 0 amide bonds. The van der Waals surface area contributed by atoms with E-state index in [0.29, 0.717) is 16.5 Å². The van der Waals surface area contributed by atoms with Gasteiger partial charge in [-0.2, -0.15) is 0 Å². The van der Waals surface area contributed by atoms with Crippen LogP contribution in [0, 0.1) is 0 Å². The number of nitrogens with zero attached hydrogens (tertiary/aromatic N) is 3. The molecule has 1 aromatic heterocycles. The normalized spacial score (nSPS) is 16.0. The minimum Gasteiger partial charge on any atom is -0.356 e. The minimum atomic E-state index is 0.250. The molecule has 4 nitrogen and oxygen atoms in total. The van der Waals surface area contributed by atoms with Crippen LogP contribution in [0.4, 0.5) is 5.82 Å². The first-order valence-electron chi connectivity index (χ1n) is 5.58. The Morgan fingerprint density at radius 3 is 2.59 bits per heavy atom. The number of piperidine rings is 1. The van der Waals surface area contributed by atoms with Gasteiger partial charge in [0, 0.05) is 13.1 Å². The number of aldehydes is 1. The lowest BCUT2D eigenvalue weighted by Crippen LogP contribution is -2.31. The monoisotopic (exact) mass is 271 g/mol. The molecule has 1 aliphatic rings. The Hall–Kier alpha value is -0.810. The van der Waals surface area contributed by atoms with Gasteiger partial charge in [0.05, 0.1) is 5.56 Å². The van der Waals surface area contributed by atoms with Gasteiger partial charge < -0.3 is 4.90 Å². The number of aromatic nitrogens is 2. The Kier molecular flexibility index (Phi) is 4.23. The van der Waals surface area contributed by atoms with Crippen molar-refractivity contribution in [2.75, 3.05) is 24.2 Å². The molecule has 0 atom stereocenters. The highest BCUT2D eigenvalue weighted by Crippen LogP contribution is 2.27. The van der Waals surface area contributed by atoms with Crippen LogP contribution < -0.4 is 4.90 Å².